The van der Waals surface area contributed by atoms with E-state index in [4.69, 9.17) is 4.74 Å². The molecule has 1 aliphatic carbocycles. The minimum absolute atomic E-state index is 0.162. The summed E-state index contributed by atoms with van der Waals surface area (Å²) >= 11 is 0. The molecule has 1 fully saturated rings. The molecule has 0 bridgehead atoms. The van der Waals surface area contributed by atoms with Crippen molar-refractivity contribution in [3.63, 3.8) is 0 Å². The largest absolute Gasteiger partial charge is 0.385 e. The van der Waals surface area contributed by atoms with Crippen LogP contribution in [-0.4, -0.2) is 36.8 Å². The van der Waals surface area contributed by atoms with Crippen molar-refractivity contribution >= 4 is 0 Å². The lowest BCUT2D eigenvalue weighted by atomic mass is 9.70. The normalized spacial score (nSPS) is 26.2. The number of aryl methyl sites for hydroxylation is 1. The number of rotatable bonds is 6. The molecule has 3 atom stereocenters. The first-order chi connectivity index (χ1) is 12.5. The van der Waals surface area contributed by atoms with E-state index < -0.39 is 5.60 Å². The van der Waals surface area contributed by atoms with Crippen molar-refractivity contribution in [1.82, 2.24) is 4.90 Å². The summed E-state index contributed by atoms with van der Waals surface area (Å²) in [5.74, 6) is 0.162. The fourth-order valence-electron chi connectivity index (χ4n) is 4.04. The zero-order chi connectivity index (χ0) is 18.6. The Morgan fingerprint density at radius 1 is 1.08 bits per heavy atom. The molecule has 0 amide bonds. The minimum atomic E-state index is -0.773. The molecule has 1 aliphatic rings. The van der Waals surface area contributed by atoms with E-state index in [1.54, 1.807) is 0 Å². The van der Waals surface area contributed by atoms with Crippen LogP contribution < -0.4 is 0 Å². The number of hydrogen-bond donors (Lipinski definition) is 1. The highest BCUT2D eigenvalue weighted by atomic mass is 16.5. The monoisotopic (exact) mass is 353 g/mol. The SMILES string of the molecule is Cc1ccc(C2(O)CCC(OCc3ccccc3)CC2CN(C)C)cc1. The third-order valence-electron chi connectivity index (χ3n) is 5.54. The first-order valence-corrected chi connectivity index (χ1v) is 9.57. The van der Waals surface area contributed by atoms with Crippen LogP contribution in [0.2, 0.25) is 0 Å². The van der Waals surface area contributed by atoms with Crippen molar-refractivity contribution < 1.29 is 9.84 Å². The molecule has 0 aromatic heterocycles. The standard InChI is InChI=1S/C23H31NO2/c1-18-9-11-20(12-10-18)23(25)14-13-22(15-21(23)16-24(2)3)26-17-19-7-5-4-6-8-19/h4-12,21-22,25H,13-17H2,1-3H3. The first kappa shape index (κ1) is 19.1. The molecular formula is C23H31NO2. The van der Waals surface area contributed by atoms with Crippen LogP contribution in [-0.2, 0) is 16.9 Å². The van der Waals surface area contributed by atoms with Crippen LogP contribution in [0, 0.1) is 12.8 Å². The summed E-state index contributed by atoms with van der Waals surface area (Å²) in [6.45, 7) is 3.58. The summed E-state index contributed by atoms with van der Waals surface area (Å²) in [5, 5.41) is 11.6. The lowest BCUT2D eigenvalue weighted by Crippen LogP contribution is -2.46. The van der Waals surface area contributed by atoms with Gasteiger partial charge in [0.2, 0.25) is 0 Å². The predicted octanol–water partition coefficient (Wildman–Crippen LogP) is 4.13. The first-order valence-electron chi connectivity index (χ1n) is 9.57. The summed E-state index contributed by atoms with van der Waals surface area (Å²) in [4.78, 5) is 2.17. The van der Waals surface area contributed by atoms with Gasteiger partial charge in [0.1, 0.15) is 0 Å². The molecule has 3 rings (SSSR count). The van der Waals surface area contributed by atoms with E-state index in [0.717, 1.165) is 31.4 Å². The van der Waals surface area contributed by atoms with Crippen molar-refractivity contribution in [3.8, 4) is 0 Å². The van der Waals surface area contributed by atoms with E-state index >= 15 is 0 Å². The van der Waals surface area contributed by atoms with Crippen LogP contribution in [0.1, 0.15) is 36.0 Å². The van der Waals surface area contributed by atoms with Gasteiger partial charge in [0.25, 0.3) is 0 Å². The Bertz CT molecular complexity index is 683. The molecule has 0 saturated heterocycles. The molecule has 0 heterocycles. The zero-order valence-electron chi connectivity index (χ0n) is 16.2. The van der Waals surface area contributed by atoms with E-state index in [9.17, 15) is 5.11 Å². The van der Waals surface area contributed by atoms with Gasteiger partial charge in [0, 0.05) is 12.5 Å². The van der Waals surface area contributed by atoms with Crippen molar-refractivity contribution in [1.29, 1.82) is 0 Å². The van der Waals surface area contributed by atoms with E-state index in [1.807, 2.05) is 18.2 Å². The highest BCUT2D eigenvalue weighted by Crippen LogP contribution is 2.43. The van der Waals surface area contributed by atoms with Gasteiger partial charge in [-0.15, -0.1) is 0 Å². The second kappa shape index (κ2) is 8.34. The van der Waals surface area contributed by atoms with E-state index in [0.29, 0.717) is 6.61 Å². The topological polar surface area (TPSA) is 32.7 Å². The maximum Gasteiger partial charge on any atom is 0.0938 e. The molecule has 140 valence electrons. The van der Waals surface area contributed by atoms with Crippen LogP contribution in [0.3, 0.4) is 0 Å². The maximum absolute atomic E-state index is 11.6. The minimum Gasteiger partial charge on any atom is -0.385 e. The lowest BCUT2D eigenvalue weighted by molar-refractivity contribution is -0.110. The molecule has 0 spiro atoms. The molecule has 1 saturated carbocycles. The average Bonchev–Trinajstić information content (AvgIpc) is 2.63. The molecule has 0 aliphatic heterocycles. The number of ether oxygens (including phenoxy) is 1. The van der Waals surface area contributed by atoms with Crippen LogP contribution in [0.5, 0.6) is 0 Å². The van der Waals surface area contributed by atoms with Gasteiger partial charge in [-0.25, -0.2) is 0 Å². The number of nitrogens with zero attached hydrogens (tertiary/aromatic N) is 1. The van der Waals surface area contributed by atoms with Gasteiger partial charge >= 0.3 is 0 Å². The van der Waals surface area contributed by atoms with Gasteiger partial charge in [-0.05, 0) is 51.4 Å². The Morgan fingerprint density at radius 2 is 1.77 bits per heavy atom. The van der Waals surface area contributed by atoms with Crippen LogP contribution in [0.25, 0.3) is 0 Å². The van der Waals surface area contributed by atoms with E-state index in [1.165, 1.54) is 11.1 Å². The lowest BCUT2D eigenvalue weighted by Gasteiger charge is -2.44. The van der Waals surface area contributed by atoms with Gasteiger partial charge in [0.15, 0.2) is 0 Å². The zero-order valence-corrected chi connectivity index (χ0v) is 16.2. The average molecular weight is 354 g/mol. The van der Waals surface area contributed by atoms with Crippen molar-refractivity contribution in [3.05, 3.63) is 71.3 Å². The molecule has 26 heavy (non-hydrogen) atoms. The molecule has 1 N–H and O–H groups in total. The molecule has 0 radical (unpaired) electrons. The van der Waals surface area contributed by atoms with Crippen LogP contribution >= 0.6 is 0 Å². The molecule has 3 heteroatoms. The molecular weight excluding hydrogens is 322 g/mol. The van der Waals surface area contributed by atoms with Crippen molar-refractivity contribution in [2.24, 2.45) is 5.92 Å². The second-order valence-corrected chi connectivity index (χ2v) is 7.94. The second-order valence-electron chi connectivity index (χ2n) is 7.94. The van der Waals surface area contributed by atoms with Crippen molar-refractivity contribution in [2.75, 3.05) is 20.6 Å². The summed E-state index contributed by atoms with van der Waals surface area (Å²) < 4.78 is 6.20. The van der Waals surface area contributed by atoms with Gasteiger partial charge < -0.3 is 14.7 Å². The smallest absolute Gasteiger partial charge is 0.0938 e. The van der Waals surface area contributed by atoms with E-state index in [2.05, 4.69) is 62.3 Å². The fourth-order valence-corrected chi connectivity index (χ4v) is 4.04. The Kier molecular flexibility index (Phi) is 6.13. The summed E-state index contributed by atoms with van der Waals surface area (Å²) in [6.07, 6.45) is 2.72. The molecule has 3 nitrogen and oxygen atoms in total. The van der Waals surface area contributed by atoms with Crippen LogP contribution in [0.4, 0.5) is 0 Å². The Morgan fingerprint density at radius 3 is 2.42 bits per heavy atom. The van der Waals surface area contributed by atoms with Gasteiger partial charge in [-0.3, -0.25) is 0 Å². The molecule has 3 unspecified atom stereocenters. The van der Waals surface area contributed by atoms with E-state index in [-0.39, 0.29) is 12.0 Å². The maximum atomic E-state index is 11.6. The Hall–Kier alpha value is -1.68. The highest BCUT2D eigenvalue weighted by molar-refractivity contribution is 5.28. The van der Waals surface area contributed by atoms with Gasteiger partial charge in [-0.1, -0.05) is 60.2 Å². The Labute approximate surface area is 157 Å². The highest BCUT2D eigenvalue weighted by Gasteiger charge is 2.43. The molecule has 2 aromatic rings. The van der Waals surface area contributed by atoms with Crippen LogP contribution in [0.15, 0.2) is 54.6 Å². The summed E-state index contributed by atoms with van der Waals surface area (Å²) in [6, 6.07) is 18.7. The predicted molar refractivity (Wildman–Crippen MR) is 106 cm³/mol. The summed E-state index contributed by atoms with van der Waals surface area (Å²) in [5.41, 5.74) is 2.69. The Balaban J connectivity index is 1.71. The third-order valence-corrected chi connectivity index (χ3v) is 5.54. The van der Waals surface area contributed by atoms with Crippen molar-refractivity contribution in [2.45, 2.75) is 44.5 Å². The molecule has 2 aromatic carbocycles. The fraction of sp³-hybridized carbons (Fsp3) is 0.478. The number of benzene rings is 2. The quantitative estimate of drug-likeness (QED) is 0.847. The number of aliphatic hydroxyl groups is 1. The number of hydrogen-bond acceptors (Lipinski definition) is 3. The van der Waals surface area contributed by atoms with Gasteiger partial charge in [-0.2, -0.15) is 0 Å². The van der Waals surface area contributed by atoms with Gasteiger partial charge in [0.05, 0.1) is 18.3 Å². The third kappa shape index (κ3) is 4.53. The summed E-state index contributed by atoms with van der Waals surface area (Å²) in [7, 11) is 4.15.